The summed E-state index contributed by atoms with van der Waals surface area (Å²) >= 11 is 0. The second-order valence-electron chi connectivity index (χ2n) is 3.10. The van der Waals surface area contributed by atoms with E-state index in [1.54, 1.807) is 0 Å². The summed E-state index contributed by atoms with van der Waals surface area (Å²) < 4.78 is 0. The molecule has 0 aromatic carbocycles. The molecule has 0 aliphatic carbocycles. The van der Waals surface area contributed by atoms with Crippen LogP contribution in [-0.4, -0.2) is 47.4 Å². The van der Waals surface area contributed by atoms with Gasteiger partial charge in [0.2, 0.25) is 0 Å². The van der Waals surface area contributed by atoms with Crippen molar-refractivity contribution >= 4 is 12.0 Å². The molecule has 0 aromatic heterocycles. The van der Waals surface area contributed by atoms with Gasteiger partial charge < -0.3 is 26.6 Å². The second kappa shape index (κ2) is 7.02. The Morgan fingerprint density at radius 1 is 1.47 bits per heavy atom. The third kappa shape index (κ3) is 5.87. The fourth-order valence-electron chi connectivity index (χ4n) is 0.885. The maximum absolute atomic E-state index is 11.1. The average molecular weight is 219 g/mol. The molecular formula is C8H17N3O4. The molecule has 0 heterocycles. The highest BCUT2D eigenvalue weighted by Gasteiger charge is 2.24. The number of aliphatic hydroxyl groups excluding tert-OH is 1. The number of aliphatic carboxylic acids is 1. The van der Waals surface area contributed by atoms with Crippen molar-refractivity contribution in [1.29, 1.82) is 0 Å². The van der Waals surface area contributed by atoms with Gasteiger partial charge in [0.05, 0.1) is 6.10 Å². The quantitative estimate of drug-likeness (QED) is 0.346. The highest BCUT2D eigenvalue weighted by Crippen LogP contribution is 1.92. The zero-order valence-corrected chi connectivity index (χ0v) is 8.56. The van der Waals surface area contributed by atoms with Crippen molar-refractivity contribution in [3.05, 3.63) is 0 Å². The number of nitrogens with two attached hydrogens (primary N) is 1. The molecule has 0 spiro atoms. The van der Waals surface area contributed by atoms with E-state index < -0.39 is 24.1 Å². The molecular weight excluding hydrogens is 202 g/mol. The standard InChI is InChI=1S/C8H17N3O4/c1-5(12)6(7(13)14)11-8(15)10-4-2-3-9/h5-6,12H,2-4,9H2,1H3,(H,13,14)(H2,10,11,15). The van der Waals surface area contributed by atoms with Crippen LogP contribution in [0.4, 0.5) is 4.79 Å². The first-order valence-corrected chi connectivity index (χ1v) is 4.64. The minimum atomic E-state index is -1.30. The van der Waals surface area contributed by atoms with Crippen LogP contribution in [-0.2, 0) is 4.79 Å². The van der Waals surface area contributed by atoms with E-state index in [1.165, 1.54) is 6.92 Å². The molecule has 0 aliphatic rings. The molecule has 0 radical (unpaired) electrons. The fraction of sp³-hybridized carbons (Fsp3) is 0.750. The van der Waals surface area contributed by atoms with Crippen LogP contribution in [0.1, 0.15) is 13.3 Å². The van der Waals surface area contributed by atoms with Gasteiger partial charge in [-0.25, -0.2) is 9.59 Å². The van der Waals surface area contributed by atoms with Crippen molar-refractivity contribution in [3.8, 4) is 0 Å². The second-order valence-corrected chi connectivity index (χ2v) is 3.10. The first kappa shape index (κ1) is 13.7. The number of carboxylic acids is 1. The molecule has 0 fully saturated rings. The van der Waals surface area contributed by atoms with Crippen molar-refractivity contribution < 1.29 is 19.8 Å². The summed E-state index contributed by atoms with van der Waals surface area (Å²) in [5, 5.41) is 22.3. The van der Waals surface area contributed by atoms with E-state index in [0.717, 1.165) is 0 Å². The predicted molar refractivity (Wildman–Crippen MR) is 53.3 cm³/mol. The lowest BCUT2D eigenvalue weighted by molar-refractivity contribution is -0.141. The Kier molecular flexibility index (Phi) is 6.39. The van der Waals surface area contributed by atoms with Crippen molar-refractivity contribution in [1.82, 2.24) is 10.6 Å². The van der Waals surface area contributed by atoms with E-state index in [-0.39, 0.29) is 0 Å². The van der Waals surface area contributed by atoms with Crippen molar-refractivity contribution in [3.63, 3.8) is 0 Å². The number of amides is 2. The number of aliphatic hydroxyl groups is 1. The maximum Gasteiger partial charge on any atom is 0.328 e. The third-order valence-electron chi connectivity index (χ3n) is 1.70. The van der Waals surface area contributed by atoms with E-state index in [0.29, 0.717) is 19.5 Å². The van der Waals surface area contributed by atoms with Gasteiger partial charge in [0.25, 0.3) is 0 Å². The van der Waals surface area contributed by atoms with E-state index in [1.807, 2.05) is 0 Å². The van der Waals surface area contributed by atoms with Crippen molar-refractivity contribution in [2.45, 2.75) is 25.5 Å². The maximum atomic E-state index is 11.1. The van der Waals surface area contributed by atoms with Crippen LogP contribution < -0.4 is 16.4 Å². The SMILES string of the molecule is CC(O)C(NC(=O)NCCCN)C(=O)O. The van der Waals surface area contributed by atoms with Crippen LogP contribution in [0.2, 0.25) is 0 Å². The molecule has 15 heavy (non-hydrogen) atoms. The number of hydrogen-bond donors (Lipinski definition) is 5. The Balaban J connectivity index is 3.95. The Morgan fingerprint density at radius 2 is 2.07 bits per heavy atom. The number of carbonyl (C=O) groups excluding carboxylic acids is 1. The summed E-state index contributed by atoms with van der Waals surface area (Å²) in [4.78, 5) is 21.7. The highest BCUT2D eigenvalue weighted by molar-refractivity contribution is 5.82. The Labute approximate surface area is 87.6 Å². The summed E-state index contributed by atoms with van der Waals surface area (Å²) in [5.74, 6) is -1.28. The molecule has 2 unspecified atom stereocenters. The van der Waals surface area contributed by atoms with Crippen LogP contribution >= 0.6 is 0 Å². The number of carboxylic acid groups (broad SMARTS) is 1. The normalized spacial score (nSPS) is 14.1. The van der Waals surface area contributed by atoms with Gasteiger partial charge in [-0.3, -0.25) is 0 Å². The van der Waals surface area contributed by atoms with Crippen molar-refractivity contribution in [2.24, 2.45) is 5.73 Å². The number of nitrogens with one attached hydrogen (secondary N) is 2. The zero-order valence-electron chi connectivity index (χ0n) is 8.56. The summed E-state index contributed by atoms with van der Waals surface area (Å²) in [7, 11) is 0. The minimum Gasteiger partial charge on any atom is -0.480 e. The third-order valence-corrected chi connectivity index (χ3v) is 1.70. The molecule has 7 heteroatoms. The van der Waals surface area contributed by atoms with Gasteiger partial charge in [0, 0.05) is 6.54 Å². The molecule has 2 atom stereocenters. The molecule has 0 saturated carbocycles. The average Bonchev–Trinajstić information content (AvgIpc) is 2.13. The van der Waals surface area contributed by atoms with Gasteiger partial charge in [0.15, 0.2) is 6.04 Å². The van der Waals surface area contributed by atoms with E-state index >= 15 is 0 Å². The molecule has 2 amide bonds. The molecule has 6 N–H and O–H groups in total. The van der Waals surface area contributed by atoms with Crippen molar-refractivity contribution in [2.75, 3.05) is 13.1 Å². The Morgan fingerprint density at radius 3 is 2.47 bits per heavy atom. The van der Waals surface area contributed by atoms with Crippen LogP contribution in [0.25, 0.3) is 0 Å². The smallest absolute Gasteiger partial charge is 0.328 e. The topological polar surface area (TPSA) is 125 Å². The van der Waals surface area contributed by atoms with Gasteiger partial charge in [-0.15, -0.1) is 0 Å². The molecule has 88 valence electrons. The fourth-order valence-corrected chi connectivity index (χ4v) is 0.885. The zero-order chi connectivity index (χ0) is 11.8. The summed E-state index contributed by atoms with van der Waals surface area (Å²) in [6.07, 6.45) is -0.539. The number of urea groups is 1. The predicted octanol–water partition coefficient (Wildman–Crippen LogP) is -1.53. The minimum absolute atomic E-state index is 0.370. The first-order chi connectivity index (χ1) is 6.99. The largest absolute Gasteiger partial charge is 0.480 e. The highest BCUT2D eigenvalue weighted by atomic mass is 16.4. The van der Waals surface area contributed by atoms with Crippen LogP contribution in [0.3, 0.4) is 0 Å². The van der Waals surface area contributed by atoms with E-state index in [2.05, 4.69) is 10.6 Å². The first-order valence-electron chi connectivity index (χ1n) is 4.64. The lowest BCUT2D eigenvalue weighted by atomic mass is 10.2. The summed E-state index contributed by atoms with van der Waals surface area (Å²) in [6.45, 7) is 2.10. The number of hydrogen-bond acceptors (Lipinski definition) is 4. The number of rotatable bonds is 6. The van der Waals surface area contributed by atoms with Gasteiger partial charge in [0.1, 0.15) is 0 Å². The van der Waals surface area contributed by atoms with Crippen LogP contribution in [0, 0.1) is 0 Å². The molecule has 0 saturated heterocycles. The van der Waals surface area contributed by atoms with Crippen LogP contribution in [0.5, 0.6) is 0 Å². The van der Waals surface area contributed by atoms with Gasteiger partial charge >= 0.3 is 12.0 Å². The monoisotopic (exact) mass is 219 g/mol. The summed E-state index contributed by atoms with van der Waals surface area (Å²) in [6, 6.07) is -1.93. The molecule has 0 rings (SSSR count). The van der Waals surface area contributed by atoms with Gasteiger partial charge in [-0.2, -0.15) is 0 Å². The Bertz CT molecular complexity index is 220. The van der Waals surface area contributed by atoms with Gasteiger partial charge in [-0.1, -0.05) is 0 Å². The summed E-state index contributed by atoms with van der Waals surface area (Å²) in [5.41, 5.74) is 5.21. The molecule has 0 aliphatic heterocycles. The Hall–Kier alpha value is -1.34. The molecule has 0 bridgehead atoms. The van der Waals surface area contributed by atoms with Gasteiger partial charge in [-0.05, 0) is 19.9 Å². The van der Waals surface area contributed by atoms with E-state index in [4.69, 9.17) is 15.9 Å². The van der Waals surface area contributed by atoms with Crippen LogP contribution in [0.15, 0.2) is 0 Å². The lowest BCUT2D eigenvalue weighted by Crippen LogP contribution is -2.51. The van der Waals surface area contributed by atoms with E-state index in [9.17, 15) is 9.59 Å². The number of carbonyl (C=O) groups is 2. The molecule has 0 aromatic rings. The lowest BCUT2D eigenvalue weighted by Gasteiger charge is -2.17. The molecule has 7 nitrogen and oxygen atoms in total.